The second-order valence-corrected chi connectivity index (χ2v) is 23.2. The second-order valence-electron chi connectivity index (χ2n) is 22.3. The molecule has 0 spiro atoms. The molecule has 8 heterocycles. The van der Waals surface area contributed by atoms with E-state index in [9.17, 15) is 19.8 Å². The van der Waals surface area contributed by atoms with Crippen molar-refractivity contribution in [2.75, 3.05) is 115 Å². The van der Waals surface area contributed by atoms with E-state index in [0.717, 1.165) is 160 Å². The molecule has 18 heteroatoms. The summed E-state index contributed by atoms with van der Waals surface area (Å²) in [6.45, 7) is 18.8. The molecule has 4 saturated heterocycles. The number of rotatable bonds is 20. The van der Waals surface area contributed by atoms with Gasteiger partial charge in [-0.1, -0.05) is 36.4 Å². The lowest BCUT2D eigenvalue weighted by Gasteiger charge is -2.30. The highest BCUT2D eigenvalue weighted by molar-refractivity contribution is 7.09. The average molecular weight is 1080 g/mol. The first-order valence-electron chi connectivity index (χ1n) is 29.1. The molecule has 6 aromatic rings. The largest absolute Gasteiger partial charge is 0.392 e. The highest BCUT2D eigenvalue weighted by Gasteiger charge is 2.33. The van der Waals surface area contributed by atoms with Crippen LogP contribution in [0.15, 0.2) is 78.6 Å². The van der Waals surface area contributed by atoms with Crippen LogP contribution < -0.4 is 20.4 Å². The van der Waals surface area contributed by atoms with Crippen molar-refractivity contribution in [3.8, 4) is 0 Å². The van der Waals surface area contributed by atoms with E-state index in [0.29, 0.717) is 31.8 Å². The normalized spacial score (nSPS) is 19.0. The molecule has 17 nitrogen and oxygen atoms in total. The number of carbonyl (C=O) groups is 2. The highest BCUT2D eigenvalue weighted by atomic mass is 32.1. The number of nitrogens with zero attached hydrogens (tertiary/aromatic N) is 11. The fourth-order valence-corrected chi connectivity index (χ4v) is 13.1. The zero-order chi connectivity index (χ0) is 53.8. The lowest BCUT2D eigenvalue weighted by molar-refractivity contribution is -0.123. The Kier molecular flexibility index (Phi) is 19.3. The maximum atomic E-state index is 13.2. The number of amides is 2. The summed E-state index contributed by atoms with van der Waals surface area (Å²) in [5.74, 6) is 0.816. The molecular formula is C60H83N13O4S. The van der Waals surface area contributed by atoms with Crippen LogP contribution in [0.4, 0.5) is 11.4 Å². The van der Waals surface area contributed by atoms with Crippen LogP contribution in [-0.4, -0.2) is 171 Å². The number of nitrogens with one attached hydrogen (secondary N) is 2. The SMILES string of the molecule is CC(C)n1ccc(C(CC(=O)NCCN2CCCC2)N2CCCN(c3c(CO)ccc4cccnc34)CC2)n1.O=C(CC(c1csc(C2CC2)n1)N1CCCN(c2c(CO)ccc3cccnc23)CC1)NCCN1CCCC1. The average Bonchev–Trinajstić information content (AvgIpc) is 3.86. The summed E-state index contributed by atoms with van der Waals surface area (Å²) < 4.78 is 1.98. The third kappa shape index (κ3) is 14.0. The first kappa shape index (κ1) is 55.7. The fourth-order valence-electron chi connectivity index (χ4n) is 12.1. The van der Waals surface area contributed by atoms with Gasteiger partial charge in [-0.2, -0.15) is 5.10 Å². The molecule has 5 aliphatic rings. The number of thiazole rings is 1. The lowest BCUT2D eigenvalue weighted by Crippen LogP contribution is -2.38. The number of hydrogen-bond acceptors (Lipinski definition) is 15. The number of likely N-dealkylation sites (tertiary alicyclic amines) is 2. The van der Waals surface area contributed by atoms with Crippen molar-refractivity contribution in [2.45, 2.75) is 115 Å². The van der Waals surface area contributed by atoms with Crippen molar-refractivity contribution >= 4 is 56.3 Å². The van der Waals surface area contributed by atoms with Crippen LogP contribution in [0.25, 0.3) is 21.8 Å². The molecule has 2 amide bonds. The third-order valence-electron chi connectivity index (χ3n) is 16.5. The lowest BCUT2D eigenvalue weighted by atomic mass is 10.1. The number of pyridine rings is 2. The molecule has 0 radical (unpaired) electrons. The van der Waals surface area contributed by atoms with Crippen LogP contribution in [0.1, 0.15) is 130 Å². The van der Waals surface area contributed by atoms with Gasteiger partial charge in [0, 0.05) is 149 Å². The summed E-state index contributed by atoms with van der Waals surface area (Å²) in [4.78, 5) is 55.2. The number of aliphatic hydroxyl groups excluding tert-OH is 2. The van der Waals surface area contributed by atoms with Crippen molar-refractivity contribution in [1.82, 2.24) is 55.0 Å². The first-order chi connectivity index (χ1) is 38.2. The van der Waals surface area contributed by atoms with E-state index < -0.39 is 0 Å². The van der Waals surface area contributed by atoms with Crippen LogP contribution in [-0.2, 0) is 22.8 Å². The van der Waals surface area contributed by atoms with Gasteiger partial charge in [-0.3, -0.25) is 34.0 Å². The number of carbonyl (C=O) groups excluding carboxylic acids is 2. The van der Waals surface area contributed by atoms with Gasteiger partial charge in [0.05, 0.1) is 64.1 Å². The minimum absolute atomic E-state index is 0.00887. The Bertz CT molecular complexity index is 2710. The smallest absolute Gasteiger partial charge is 0.222 e. The summed E-state index contributed by atoms with van der Waals surface area (Å²) in [6, 6.07) is 18.4. The van der Waals surface area contributed by atoms with E-state index in [2.05, 4.69) is 87.4 Å². The number of fused-ring (bicyclic) bond motifs is 2. The monoisotopic (exact) mass is 1080 g/mol. The van der Waals surface area contributed by atoms with Gasteiger partial charge in [-0.25, -0.2) is 4.98 Å². The summed E-state index contributed by atoms with van der Waals surface area (Å²) in [5.41, 5.74) is 7.76. The van der Waals surface area contributed by atoms with Crippen LogP contribution in [0.2, 0.25) is 0 Å². The van der Waals surface area contributed by atoms with Gasteiger partial charge in [0.2, 0.25) is 11.8 Å². The first-order valence-corrected chi connectivity index (χ1v) is 30.0. The predicted octanol–water partition coefficient (Wildman–Crippen LogP) is 7.28. The molecular weight excluding hydrogens is 999 g/mol. The maximum absolute atomic E-state index is 13.2. The summed E-state index contributed by atoms with van der Waals surface area (Å²) in [7, 11) is 0. The van der Waals surface area contributed by atoms with E-state index in [-0.39, 0.29) is 43.2 Å². The van der Waals surface area contributed by atoms with E-state index in [1.807, 2.05) is 59.7 Å². The van der Waals surface area contributed by atoms with Gasteiger partial charge < -0.3 is 40.4 Å². The summed E-state index contributed by atoms with van der Waals surface area (Å²) in [5, 5.41) is 37.1. The summed E-state index contributed by atoms with van der Waals surface area (Å²) in [6.07, 6.45) is 16.0. The Labute approximate surface area is 465 Å². The molecule has 418 valence electrons. The molecule has 1 aliphatic carbocycles. The minimum Gasteiger partial charge on any atom is -0.392 e. The molecule has 4 aliphatic heterocycles. The standard InChI is InChI=1S/C30H43N7O2.C30H40N6O2S/c1-23(2)37-17-10-26(33-37)27(21-28(39)31-12-18-34-13-3-4-14-34)35-15-6-16-36(20-19-35)30-25(22-38)9-8-24-7-5-11-32-29(24)30;37-20-24-9-6-22-5-3-10-32-28(22)29(24)36-15-4-14-35(17-18-36)26(25-21-39-30(33-25)23-7-8-23)19-27(38)31-11-16-34-12-1-2-13-34/h5,7-11,17,23,27,38H,3-4,6,12-16,18-22H2,1-2H3,(H,31,39);3,5-6,9-10,21,23,26,37H,1-2,4,7-8,11-20H2,(H,31,38). The predicted molar refractivity (Wildman–Crippen MR) is 311 cm³/mol. The van der Waals surface area contributed by atoms with E-state index in [1.165, 1.54) is 43.5 Å². The van der Waals surface area contributed by atoms with Crippen LogP contribution >= 0.6 is 11.3 Å². The van der Waals surface area contributed by atoms with E-state index in [1.54, 1.807) is 11.3 Å². The zero-order valence-electron chi connectivity index (χ0n) is 46.2. The number of aromatic nitrogens is 5. The Morgan fingerprint density at radius 1 is 0.615 bits per heavy atom. The van der Waals surface area contributed by atoms with Crippen LogP contribution in [0, 0.1) is 0 Å². The Hall–Kier alpha value is -5.60. The number of aliphatic hydroxyl groups is 2. The van der Waals surface area contributed by atoms with Crippen molar-refractivity contribution < 1.29 is 19.8 Å². The van der Waals surface area contributed by atoms with Gasteiger partial charge in [0.15, 0.2) is 0 Å². The molecule has 11 rings (SSSR count). The molecule has 5 fully saturated rings. The molecule has 4 N–H and O–H groups in total. The van der Waals surface area contributed by atoms with Crippen LogP contribution in [0.3, 0.4) is 0 Å². The number of anilines is 2. The van der Waals surface area contributed by atoms with Crippen LogP contribution in [0.5, 0.6) is 0 Å². The third-order valence-corrected chi connectivity index (χ3v) is 17.6. The fraction of sp³-hybridized carbons (Fsp3) is 0.567. The van der Waals surface area contributed by atoms with Crippen molar-refractivity contribution in [2.24, 2.45) is 0 Å². The molecule has 2 aromatic carbocycles. The van der Waals surface area contributed by atoms with Gasteiger partial charge in [0.1, 0.15) is 0 Å². The van der Waals surface area contributed by atoms with Crippen molar-refractivity contribution in [3.63, 3.8) is 0 Å². The Balaban J connectivity index is 0.000000176. The van der Waals surface area contributed by atoms with E-state index in [4.69, 9.17) is 10.1 Å². The van der Waals surface area contributed by atoms with Gasteiger partial charge >= 0.3 is 0 Å². The van der Waals surface area contributed by atoms with Crippen molar-refractivity contribution in [1.29, 1.82) is 0 Å². The number of hydrogen-bond donors (Lipinski definition) is 4. The molecule has 4 aromatic heterocycles. The number of benzene rings is 2. The van der Waals surface area contributed by atoms with Crippen molar-refractivity contribution in [3.05, 3.63) is 106 Å². The minimum atomic E-state index is -0.0836. The van der Waals surface area contributed by atoms with E-state index >= 15 is 0 Å². The van der Waals surface area contributed by atoms with Gasteiger partial charge in [-0.05, 0) is 110 Å². The zero-order valence-corrected chi connectivity index (χ0v) is 47.0. The molecule has 1 saturated carbocycles. The Morgan fingerprint density at radius 2 is 1.13 bits per heavy atom. The molecule has 2 unspecified atom stereocenters. The Morgan fingerprint density at radius 3 is 1.60 bits per heavy atom. The van der Waals surface area contributed by atoms with Gasteiger partial charge in [-0.15, -0.1) is 11.3 Å². The summed E-state index contributed by atoms with van der Waals surface area (Å²) >= 11 is 1.76. The van der Waals surface area contributed by atoms with Gasteiger partial charge in [0.25, 0.3) is 0 Å². The molecule has 78 heavy (non-hydrogen) atoms. The molecule has 2 atom stereocenters. The molecule has 0 bridgehead atoms. The highest BCUT2D eigenvalue weighted by Crippen LogP contribution is 2.43. The second kappa shape index (κ2) is 27.0. The topological polar surface area (TPSA) is 175 Å². The maximum Gasteiger partial charge on any atom is 0.222 e. The quantitative estimate of drug-likeness (QED) is 0.0601.